The van der Waals surface area contributed by atoms with Crippen LogP contribution in [0.3, 0.4) is 0 Å². The zero-order chi connectivity index (χ0) is 24.2. The summed E-state index contributed by atoms with van der Waals surface area (Å²) in [6.07, 6.45) is 0. The van der Waals surface area contributed by atoms with Gasteiger partial charge in [-0.2, -0.15) is 0 Å². The van der Waals surface area contributed by atoms with Crippen molar-refractivity contribution in [3.8, 4) is 17.1 Å². The second kappa shape index (κ2) is 6.64. The predicted molar refractivity (Wildman–Crippen MR) is 150 cm³/mol. The molecule has 0 spiro atoms. The third-order valence-electron chi connectivity index (χ3n) is 8.30. The van der Waals surface area contributed by atoms with Crippen LogP contribution in [-0.2, 0) is 12.5 Å². The van der Waals surface area contributed by atoms with E-state index in [-0.39, 0.29) is 5.41 Å². The highest BCUT2D eigenvalue weighted by Crippen LogP contribution is 2.52. The fourth-order valence-electron chi connectivity index (χ4n) is 6.43. The third kappa shape index (κ3) is 2.40. The molecule has 0 radical (unpaired) electrons. The number of aryl methyl sites for hydroxylation is 1. The van der Waals surface area contributed by atoms with Crippen LogP contribution < -0.4 is 0 Å². The van der Waals surface area contributed by atoms with Crippen LogP contribution in [0.2, 0.25) is 0 Å². The van der Waals surface area contributed by atoms with Crippen molar-refractivity contribution in [1.82, 2.24) is 14.1 Å². The standard InChI is InChI=1S/C33H25N3/c1-33(2)26-17-21-11-5-4-10-20(21)16-23(26)24-19-31-25(18-27(24)33)22-12-6-8-14-29(22)36(31)32-34-28-13-7-9-15-30(28)35(32)3/h4-19H,1-3H3. The number of benzene rings is 5. The molecule has 0 N–H and O–H groups in total. The first-order valence-electron chi connectivity index (χ1n) is 12.6. The number of aromatic nitrogens is 3. The highest BCUT2D eigenvalue weighted by Gasteiger charge is 2.36. The first kappa shape index (κ1) is 19.9. The molecular weight excluding hydrogens is 438 g/mol. The lowest BCUT2D eigenvalue weighted by molar-refractivity contribution is 0.662. The minimum absolute atomic E-state index is 0.0655. The number of para-hydroxylation sites is 3. The molecule has 8 rings (SSSR count). The van der Waals surface area contributed by atoms with Crippen molar-refractivity contribution in [1.29, 1.82) is 0 Å². The average Bonchev–Trinajstić information content (AvgIpc) is 3.47. The molecular formula is C33H25N3. The molecule has 2 heterocycles. The molecule has 0 bridgehead atoms. The summed E-state index contributed by atoms with van der Waals surface area (Å²) in [6.45, 7) is 4.73. The van der Waals surface area contributed by atoms with Gasteiger partial charge in [0.15, 0.2) is 0 Å². The van der Waals surface area contributed by atoms with Crippen molar-refractivity contribution in [2.75, 3.05) is 0 Å². The second-order valence-corrected chi connectivity index (χ2v) is 10.6. The first-order chi connectivity index (χ1) is 17.5. The largest absolute Gasteiger partial charge is 0.313 e. The summed E-state index contributed by atoms with van der Waals surface area (Å²) in [5, 5.41) is 5.13. The molecule has 0 amide bonds. The van der Waals surface area contributed by atoms with Crippen molar-refractivity contribution in [2.24, 2.45) is 7.05 Å². The summed E-state index contributed by atoms with van der Waals surface area (Å²) in [5.74, 6) is 0.943. The smallest absolute Gasteiger partial charge is 0.215 e. The first-order valence-corrected chi connectivity index (χ1v) is 12.6. The number of hydrogen-bond acceptors (Lipinski definition) is 1. The Bertz CT molecular complexity index is 2030. The number of nitrogens with zero attached hydrogens (tertiary/aromatic N) is 3. The van der Waals surface area contributed by atoms with Gasteiger partial charge in [-0.15, -0.1) is 0 Å². The molecule has 0 saturated carbocycles. The summed E-state index contributed by atoms with van der Waals surface area (Å²) in [6, 6.07) is 35.4. The van der Waals surface area contributed by atoms with Gasteiger partial charge in [0.1, 0.15) is 0 Å². The van der Waals surface area contributed by atoms with Crippen molar-refractivity contribution >= 4 is 43.6 Å². The lowest BCUT2D eigenvalue weighted by atomic mass is 9.81. The molecule has 36 heavy (non-hydrogen) atoms. The van der Waals surface area contributed by atoms with Gasteiger partial charge in [0.25, 0.3) is 0 Å². The van der Waals surface area contributed by atoms with E-state index in [0.29, 0.717) is 0 Å². The SMILES string of the molecule is Cn1c(-n2c3ccccc3c3cc4c(cc32)-c2cc3ccccc3cc2C4(C)C)nc2ccccc21. The monoisotopic (exact) mass is 463 g/mol. The molecule has 7 aromatic rings. The average molecular weight is 464 g/mol. The normalized spacial score (nSPS) is 14.2. The van der Waals surface area contributed by atoms with Gasteiger partial charge in [-0.1, -0.05) is 68.4 Å². The Morgan fingerprint density at radius 3 is 2.06 bits per heavy atom. The van der Waals surface area contributed by atoms with E-state index < -0.39 is 0 Å². The Labute approximate surface area is 209 Å². The minimum atomic E-state index is -0.0655. The van der Waals surface area contributed by atoms with Crippen molar-refractivity contribution in [3.05, 3.63) is 108 Å². The van der Waals surface area contributed by atoms with Crippen LogP contribution in [0.25, 0.3) is 60.7 Å². The van der Waals surface area contributed by atoms with Gasteiger partial charge >= 0.3 is 0 Å². The highest BCUT2D eigenvalue weighted by molar-refractivity contribution is 6.11. The summed E-state index contributed by atoms with van der Waals surface area (Å²) < 4.78 is 4.55. The molecule has 3 heteroatoms. The van der Waals surface area contributed by atoms with Gasteiger partial charge in [0.2, 0.25) is 5.95 Å². The summed E-state index contributed by atoms with van der Waals surface area (Å²) >= 11 is 0. The van der Waals surface area contributed by atoms with E-state index in [9.17, 15) is 0 Å². The van der Waals surface area contributed by atoms with Crippen molar-refractivity contribution in [2.45, 2.75) is 19.3 Å². The number of hydrogen-bond donors (Lipinski definition) is 0. The highest BCUT2D eigenvalue weighted by atomic mass is 15.2. The van der Waals surface area contributed by atoms with Gasteiger partial charge in [-0.3, -0.25) is 4.57 Å². The van der Waals surface area contributed by atoms with E-state index in [1.165, 1.54) is 54.8 Å². The zero-order valence-corrected chi connectivity index (χ0v) is 20.6. The molecule has 0 saturated heterocycles. The van der Waals surface area contributed by atoms with Gasteiger partial charge in [0, 0.05) is 23.2 Å². The molecule has 2 aromatic heterocycles. The lowest BCUT2D eigenvalue weighted by Crippen LogP contribution is -2.14. The maximum absolute atomic E-state index is 5.09. The topological polar surface area (TPSA) is 22.8 Å². The van der Waals surface area contributed by atoms with Crippen LogP contribution in [0, 0.1) is 0 Å². The Morgan fingerprint density at radius 1 is 0.611 bits per heavy atom. The Morgan fingerprint density at radius 2 is 1.25 bits per heavy atom. The van der Waals surface area contributed by atoms with E-state index in [1.807, 2.05) is 0 Å². The Balaban J connectivity index is 1.52. The van der Waals surface area contributed by atoms with E-state index in [1.54, 1.807) is 0 Å². The van der Waals surface area contributed by atoms with Gasteiger partial charge in [0.05, 0.1) is 22.1 Å². The third-order valence-corrected chi connectivity index (χ3v) is 8.30. The summed E-state index contributed by atoms with van der Waals surface area (Å²) in [7, 11) is 2.11. The van der Waals surface area contributed by atoms with Crippen molar-refractivity contribution in [3.63, 3.8) is 0 Å². The molecule has 3 nitrogen and oxygen atoms in total. The molecule has 0 unspecified atom stereocenters. The van der Waals surface area contributed by atoms with E-state index in [2.05, 4.69) is 127 Å². The maximum Gasteiger partial charge on any atom is 0.215 e. The molecule has 172 valence electrons. The molecule has 1 aliphatic rings. The number of imidazole rings is 1. The minimum Gasteiger partial charge on any atom is -0.313 e. The second-order valence-electron chi connectivity index (χ2n) is 10.6. The fraction of sp³-hybridized carbons (Fsp3) is 0.121. The van der Waals surface area contributed by atoms with E-state index in [0.717, 1.165) is 17.0 Å². The number of fused-ring (bicyclic) bond motifs is 8. The Hall–Kier alpha value is -4.37. The van der Waals surface area contributed by atoms with Crippen LogP contribution >= 0.6 is 0 Å². The number of rotatable bonds is 1. The van der Waals surface area contributed by atoms with Crippen LogP contribution in [0.1, 0.15) is 25.0 Å². The van der Waals surface area contributed by atoms with Crippen LogP contribution in [0.4, 0.5) is 0 Å². The van der Waals surface area contributed by atoms with Crippen LogP contribution in [0.15, 0.2) is 97.1 Å². The van der Waals surface area contributed by atoms with Crippen LogP contribution in [0.5, 0.6) is 0 Å². The van der Waals surface area contributed by atoms with Gasteiger partial charge in [-0.25, -0.2) is 4.98 Å². The predicted octanol–water partition coefficient (Wildman–Crippen LogP) is 8.13. The molecule has 0 fully saturated rings. The van der Waals surface area contributed by atoms with E-state index in [4.69, 9.17) is 4.98 Å². The molecule has 5 aromatic carbocycles. The van der Waals surface area contributed by atoms with Crippen LogP contribution in [-0.4, -0.2) is 14.1 Å². The fourth-order valence-corrected chi connectivity index (χ4v) is 6.43. The maximum atomic E-state index is 5.09. The quantitative estimate of drug-likeness (QED) is 0.241. The van der Waals surface area contributed by atoms with Gasteiger partial charge < -0.3 is 4.57 Å². The summed E-state index contributed by atoms with van der Waals surface area (Å²) in [5.41, 5.74) is 9.95. The zero-order valence-electron chi connectivity index (χ0n) is 20.6. The van der Waals surface area contributed by atoms with E-state index >= 15 is 0 Å². The Kier molecular flexibility index (Phi) is 3.67. The summed E-state index contributed by atoms with van der Waals surface area (Å²) in [4.78, 5) is 5.09. The van der Waals surface area contributed by atoms with Gasteiger partial charge in [-0.05, 0) is 75.5 Å². The molecule has 0 atom stereocenters. The molecule has 1 aliphatic carbocycles. The molecule has 0 aliphatic heterocycles. The lowest BCUT2D eigenvalue weighted by Gasteiger charge is -2.22. The van der Waals surface area contributed by atoms with Crippen molar-refractivity contribution < 1.29 is 0 Å².